The van der Waals surface area contributed by atoms with Crippen molar-refractivity contribution in [3.8, 4) is 0 Å². The predicted octanol–water partition coefficient (Wildman–Crippen LogP) is 3.44. The Kier molecular flexibility index (Phi) is 5.12. The quantitative estimate of drug-likeness (QED) is 0.480. The molecule has 0 bridgehead atoms. The lowest BCUT2D eigenvalue weighted by Crippen LogP contribution is -2.39. The summed E-state index contributed by atoms with van der Waals surface area (Å²) in [5.74, 6) is -0.282. The number of carbonyl (C=O) groups is 1. The van der Waals surface area contributed by atoms with E-state index in [1.807, 2.05) is 54.2 Å². The molecule has 2 nitrogen and oxygen atoms in total. The van der Waals surface area contributed by atoms with E-state index in [-0.39, 0.29) is 5.97 Å². The molecule has 0 radical (unpaired) electrons. The standard InChI is InChI=1S/C18H20O2Si/c1-21(2,17-11-7-4-8-12-17)14-13-18(19)20-15-16-9-5-3-6-10-16/h3-14H,15H2,1-2H3/b14-13+. The molecule has 108 valence electrons. The topological polar surface area (TPSA) is 26.3 Å². The van der Waals surface area contributed by atoms with Gasteiger partial charge < -0.3 is 4.74 Å². The summed E-state index contributed by atoms with van der Waals surface area (Å²) in [4.78, 5) is 11.8. The Bertz CT molecular complexity index is 604. The first kappa shape index (κ1) is 15.3. The van der Waals surface area contributed by atoms with E-state index in [2.05, 4.69) is 25.2 Å². The third kappa shape index (κ3) is 4.72. The van der Waals surface area contributed by atoms with Crippen molar-refractivity contribution in [1.29, 1.82) is 0 Å². The lowest BCUT2D eigenvalue weighted by molar-refractivity contribution is -0.139. The van der Waals surface area contributed by atoms with Gasteiger partial charge in [-0.3, -0.25) is 0 Å². The van der Waals surface area contributed by atoms with Crippen LogP contribution >= 0.6 is 0 Å². The number of hydrogen-bond donors (Lipinski definition) is 0. The molecule has 0 unspecified atom stereocenters. The molecule has 2 aromatic carbocycles. The maximum absolute atomic E-state index is 11.8. The first-order valence-corrected chi connectivity index (χ1v) is 10.1. The Balaban J connectivity index is 1.93. The maximum atomic E-state index is 11.8. The summed E-state index contributed by atoms with van der Waals surface area (Å²) in [7, 11) is -1.73. The summed E-state index contributed by atoms with van der Waals surface area (Å²) in [5.41, 5.74) is 3.02. The summed E-state index contributed by atoms with van der Waals surface area (Å²) in [6.07, 6.45) is 1.57. The average Bonchev–Trinajstić information content (AvgIpc) is 2.53. The molecule has 0 saturated carbocycles. The van der Waals surface area contributed by atoms with Crippen molar-refractivity contribution in [1.82, 2.24) is 0 Å². The van der Waals surface area contributed by atoms with Crippen molar-refractivity contribution < 1.29 is 9.53 Å². The van der Waals surface area contributed by atoms with Gasteiger partial charge in [-0.15, -0.1) is 0 Å². The summed E-state index contributed by atoms with van der Waals surface area (Å²) in [6.45, 7) is 4.74. The maximum Gasteiger partial charge on any atom is 0.330 e. The van der Waals surface area contributed by atoms with Crippen LogP contribution in [-0.2, 0) is 16.1 Å². The van der Waals surface area contributed by atoms with Crippen molar-refractivity contribution in [3.05, 3.63) is 78.0 Å². The van der Waals surface area contributed by atoms with Crippen LogP contribution in [0, 0.1) is 0 Å². The minimum atomic E-state index is -1.73. The van der Waals surface area contributed by atoms with E-state index in [4.69, 9.17) is 4.74 Å². The van der Waals surface area contributed by atoms with Crippen LogP contribution in [-0.4, -0.2) is 14.0 Å². The molecule has 0 amide bonds. The second kappa shape index (κ2) is 7.04. The molecule has 0 aliphatic rings. The largest absolute Gasteiger partial charge is 0.458 e. The van der Waals surface area contributed by atoms with Gasteiger partial charge in [0.2, 0.25) is 0 Å². The minimum Gasteiger partial charge on any atom is -0.458 e. The minimum absolute atomic E-state index is 0.282. The van der Waals surface area contributed by atoms with Gasteiger partial charge in [0, 0.05) is 6.08 Å². The predicted molar refractivity (Wildman–Crippen MR) is 88.9 cm³/mol. The lowest BCUT2D eigenvalue weighted by Gasteiger charge is -2.17. The Hall–Kier alpha value is -2.13. The number of rotatable bonds is 5. The van der Waals surface area contributed by atoms with E-state index in [0.29, 0.717) is 6.61 Å². The third-order valence-corrected chi connectivity index (χ3v) is 6.20. The molecule has 0 aliphatic heterocycles. The van der Waals surface area contributed by atoms with E-state index >= 15 is 0 Å². The Morgan fingerprint density at radius 2 is 1.57 bits per heavy atom. The molecule has 2 aromatic rings. The number of esters is 1. The Morgan fingerprint density at radius 1 is 1.00 bits per heavy atom. The Labute approximate surface area is 127 Å². The fourth-order valence-corrected chi connectivity index (χ4v) is 3.81. The van der Waals surface area contributed by atoms with Gasteiger partial charge in [0.15, 0.2) is 0 Å². The molecule has 0 atom stereocenters. The molecule has 0 aliphatic carbocycles. The molecular formula is C18H20O2Si. The molecule has 0 aromatic heterocycles. The van der Waals surface area contributed by atoms with Gasteiger partial charge in [-0.1, -0.05) is 84.6 Å². The Morgan fingerprint density at radius 3 is 2.19 bits per heavy atom. The third-order valence-electron chi connectivity index (χ3n) is 3.38. The smallest absolute Gasteiger partial charge is 0.330 e. The fraction of sp³-hybridized carbons (Fsp3) is 0.167. The van der Waals surface area contributed by atoms with E-state index < -0.39 is 8.07 Å². The van der Waals surface area contributed by atoms with Gasteiger partial charge in [0.25, 0.3) is 0 Å². The summed E-state index contributed by atoms with van der Waals surface area (Å²) in [5, 5.41) is 1.30. The molecule has 2 rings (SSSR count). The van der Waals surface area contributed by atoms with Crippen molar-refractivity contribution >= 4 is 19.2 Å². The zero-order chi connectivity index (χ0) is 15.1. The van der Waals surface area contributed by atoms with Crippen LogP contribution in [0.25, 0.3) is 0 Å². The highest BCUT2D eigenvalue weighted by Crippen LogP contribution is 2.06. The molecule has 0 fully saturated rings. The van der Waals surface area contributed by atoms with Crippen LogP contribution in [0.4, 0.5) is 0 Å². The molecular weight excluding hydrogens is 276 g/mol. The number of hydrogen-bond acceptors (Lipinski definition) is 2. The molecule has 0 saturated heterocycles. The summed E-state index contributed by atoms with van der Waals surface area (Å²) >= 11 is 0. The van der Waals surface area contributed by atoms with Crippen molar-refractivity contribution in [2.75, 3.05) is 0 Å². The van der Waals surface area contributed by atoms with Gasteiger partial charge in [-0.05, 0) is 5.56 Å². The highest BCUT2D eigenvalue weighted by molar-refractivity contribution is 6.94. The zero-order valence-electron chi connectivity index (χ0n) is 12.5. The molecule has 3 heteroatoms. The van der Waals surface area contributed by atoms with Gasteiger partial charge in [0.05, 0.1) is 0 Å². The van der Waals surface area contributed by atoms with Crippen LogP contribution in [0.2, 0.25) is 13.1 Å². The lowest BCUT2D eigenvalue weighted by atomic mass is 10.2. The number of carbonyl (C=O) groups excluding carboxylic acids is 1. The molecule has 21 heavy (non-hydrogen) atoms. The second-order valence-corrected chi connectivity index (χ2v) is 9.87. The van der Waals surface area contributed by atoms with Crippen LogP contribution in [0.1, 0.15) is 5.56 Å². The number of ether oxygens (including phenoxy) is 1. The monoisotopic (exact) mass is 296 g/mol. The van der Waals surface area contributed by atoms with E-state index in [1.165, 1.54) is 5.19 Å². The van der Waals surface area contributed by atoms with Crippen LogP contribution in [0.15, 0.2) is 72.4 Å². The van der Waals surface area contributed by atoms with Crippen LogP contribution in [0.3, 0.4) is 0 Å². The summed E-state index contributed by atoms with van der Waals surface area (Å²) in [6, 6.07) is 20.0. The van der Waals surface area contributed by atoms with E-state index in [9.17, 15) is 4.79 Å². The van der Waals surface area contributed by atoms with Crippen molar-refractivity contribution in [2.45, 2.75) is 19.7 Å². The fourth-order valence-electron chi connectivity index (χ4n) is 2.02. The van der Waals surface area contributed by atoms with E-state index in [1.54, 1.807) is 6.08 Å². The first-order valence-electron chi connectivity index (χ1n) is 7.03. The molecule has 0 spiro atoms. The van der Waals surface area contributed by atoms with Gasteiger partial charge in [0.1, 0.15) is 14.7 Å². The van der Waals surface area contributed by atoms with Crippen molar-refractivity contribution in [2.24, 2.45) is 0 Å². The highest BCUT2D eigenvalue weighted by Gasteiger charge is 2.19. The van der Waals surface area contributed by atoms with E-state index in [0.717, 1.165) is 5.56 Å². The first-order chi connectivity index (χ1) is 10.1. The average molecular weight is 296 g/mol. The normalized spacial score (nSPS) is 11.5. The SMILES string of the molecule is C[Si](C)(/C=C/C(=O)OCc1ccccc1)c1ccccc1. The zero-order valence-corrected chi connectivity index (χ0v) is 13.5. The van der Waals surface area contributed by atoms with Gasteiger partial charge in [-0.2, -0.15) is 0 Å². The molecule has 0 N–H and O–H groups in total. The van der Waals surface area contributed by atoms with Crippen molar-refractivity contribution in [3.63, 3.8) is 0 Å². The second-order valence-electron chi connectivity index (χ2n) is 5.51. The van der Waals surface area contributed by atoms with Crippen LogP contribution in [0.5, 0.6) is 0 Å². The highest BCUT2D eigenvalue weighted by atomic mass is 28.3. The number of benzene rings is 2. The van der Waals surface area contributed by atoms with Gasteiger partial charge >= 0.3 is 5.97 Å². The molecule has 0 heterocycles. The summed E-state index contributed by atoms with van der Waals surface area (Å²) < 4.78 is 5.26. The van der Waals surface area contributed by atoms with Gasteiger partial charge in [-0.25, -0.2) is 4.79 Å². The van der Waals surface area contributed by atoms with Crippen LogP contribution < -0.4 is 5.19 Å².